The predicted molar refractivity (Wildman–Crippen MR) is 146 cm³/mol. The molecule has 0 bridgehead atoms. The number of nitrogens with one attached hydrogen (secondary N) is 2. The highest BCUT2D eigenvalue weighted by atomic mass is 35.5. The molecule has 1 saturated heterocycles. The smallest absolute Gasteiger partial charge is 0.250 e. The van der Waals surface area contributed by atoms with Gasteiger partial charge in [-0.1, -0.05) is 35.9 Å². The zero-order valence-electron chi connectivity index (χ0n) is 19.5. The predicted octanol–water partition coefficient (Wildman–Crippen LogP) is 5.29. The Kier molecular flexibility index (Phi) is 6.99. The molecule has 0 spiro atoms. The van der Waals surface area contributed by atoms with Crippen molar-refractivity contribution in [2.24, 2.45) is 0 Å². The van der Waals surface area contributed by atoms with Gasteiger partial charge in [0.05, 0.1) is 28.5 Å². The fraction of sp³-hybridized carbons (Fsp3) is 0.148. The Balaban J connectivity index is 1.53. The Hall–Kier alpha value is -3.72. The Morgan fingerprint density at radius 1 is 1.11 bits per heavy atom. The summed E-state index contributed by atoms with van der Waals surface area (Å²) in [5.41, 5.74) is 4.33. The average Bonchev–Trinajstić information content (AvgIpc) is 3.51. The molecule has 2 N–H and O–H groups in total. The average molecular weight is 518 g/mol. The van der Waals surface area contributed by atoms with Crippen molar-refractivity contribution in [1.29, 1.82) is 0 Å². The second kappa shape index (κ2) is 10.5. The van der Waals surface area contributed by atoms with Gasteiger partial charge in [-0.05, 0) is 66.3 Å². The first-order valence-corrected chi connectivity index (χ1v) is 12.2. The lowest BCUT2D eigenvalue weighted by molar-refractivity contribution is -0.119. The van der Waals surface area contributed by atoms with Crippen LogP contribution in [0.1, 0.15) is 23.3 Å². The number of rotatable bonds is 7. The van der Waals surface area contributed by atoms with Crippen LogP contribution in [0.15, 0.2) is 91.4 Å². The number of hydrogen-bond donors (Lipinski definition) is 2. The van der Waals surface area contributed by atoms with E-state index >= 15 is 0 Å². The summed E-state index contributed by atoms with van der Waals surface area (Å²) in [6.45, 7) is -0.0511. The van der Waals surface area contributed by atoms with E-state index in [4.69, 9.17) is 28.6 Å². The van der Waals surface area contributed by atoms with Crippen LogP contribution in [0.2, 0.25) is 5.02 Å². The number of nitrogens with zero attached hydrogens (tertiary/aromatic N) is 3. The number of carbonyl (C=O) groups is 1. The van der Waals surface area contributed by atoms with Crippen LogP contribution in [-0.2, 0) is 9.53 Å². The van der Waals surface area contributed by atoms with E-state index in [9.17, 15) is 4.79 Å². The van der Waals surface area contributed by atoms with Crippen molar-refractivity contribution >= 4 is 46.2 Å². The van der Waals surface area contributed by atoms with Crippen LogP contribution in [0, 0.1) is 0 Å². The zero-order valence-corrected chi connectivity index (χ0v) is 21.0. The van der Waals surface area contributed by atoms with Crippen LogP contribution < -0.4 is 15.5 Å². The van der Waals surface area contributed by atoms with Crippen LogP contribution in [0.4, 0.5) is 11.4 Å². The van der Waals surface area contributed by atoms with Gasteiger partial charge in [-0.15, -0.1) is 0 Å². The molecule has 0 unspecified atom stereocenters. The minimum atomic E-state index is -0.277. The number of anilines is 2. The second-order valence-electron chi connectivity index (χ2n) is 8.33. The van der Waals surface area contributed by atoms with Gasteiger partial charge in [0.2, 0.25) is 5.91 Å². The fourth-order valence-electron chi connectivity index (χ4n) is 4.39. The molecule has 5 rings (SSSR count). The van der Waals surface area contributed by atoms with Crippen LogP contribution in [0.5, 0.6) is 0 Å². The van der Waals surface area contributed by atoms with Crippen molar-refractivity contribution in [2.45, 2.75) is 12.1 Å². The van der Waals surface area contributed by atoms with Gasteiger partial charge in [0.1, 0.15) is 6.61 Å². The summed E-state index contributed by atoms with van der Waals surface area (Å²) in [7, 11) is 1.47. The van der Waals surface area contributed by atoms with Gasteiger partial charge in [-0.3, -0.25) is 9.78 Å². The maximum absolute atomic E-state index is 12.0. The van der Waals surface area contributed by atoms with E-state index in [0.29, 0.717) is 15.8 Å². The van der Waals surface area contributed by atoms with Crippen molar-refractivity contribution in [3.05, 3.63) is 108 Å². The van der Waals surface area contributed by atoms with Gasteiger partial charge in [-0.25, -0.2) is 0 Å². The van der Waals surface area contributed by atoms with Crippen LogP contribution in [0.25, 0.3) is 5.69 Å². The number of hydrogen-bond acceptors (Lipinski definition) is 4. The molecule has 0 saturated carbocycles. The molecule has 7 nitrogen and oxygen atoms in total. The SMILES string of the molecule is COCC(=O)Nc1ccc(N2C(=S)N[C@H](c3ccccn3)[C@H]2c2ccn(-c3ccccc3)c2)cc1Cl. The van der Waals surface area contributed by atoms with E-state index in [-0.39, 0.29) is 24.6 Å². The van der Waals surface area contributed by atoms with Crippen LogP contribution in [0.3, 0.4) is 0 Å². The monoisotopic (exact) mass is 517 g/mol. The first-order chi connectivity index (χ1) is 17.5. The third-order valence-electron chi connectivity index (χ3n) is 5.99. The minimum Gasteiger partial charge on any atom is -0.375 e. The molecule has 0 aliphatic carbocycles. The van der Waals surface area contributed by atoms with Crippen LogP contribution >= 0.6 is 23.8 Å². The molecule has 9 heteroatoms. The van der Waals surface area contributed by atoms with Crippen molar-refractivity contribution < 1.29 is 9.53 Å². The second-order valence-corrected chi connectivity index (χ2v) is 9.12. The summed E-state index contributed by atoms with van der Waals surface area (Å²) >= 11 is 12.4. The topological polar surface area (TPSA) is 71.4 Å². The van der Waals surface area contributed by atoms with Crippen molar-refractivity contribution in [3.8, 4) is 5.69 Å². The van der Waals surface area contributed by atoms with Crippen molar-refractivity contribution in [2.75, 3.05) is 23.9 Å². The van der Waals surface area contributed by atoms with Gasteiger partial charge in [0.25, 0.3) is 0 Å². The first-order valence-electron chi connectivity index (χ1n) is 11.4. The van der Waals surface area contributed by atoms with E-state index < -0.39 is 0 Å². The molecule has 4 aromatic rings. The number of thiocarbonyl (C=S) groups is 1. The third kappa shape index (κ3) is 4.83. The highest BCUT2D eigenvalue weighted by molar-refractivity contribution is 7.80. The van der Waals surface area contributed by atoms with Gasteiger partial charge in [-0.2, -0.15) is 0 Å². The van der Waals surface area contributed by atoms with Gasteiger partial charge < -0.3 is 24.8 Å². The van der Waals surface area contributed by atoms with Crippen molar-refractivity contribution in [1.82, 2.24) is 14.9 Å². The summed E-state index contributed by atoms with van der Waals surface area (Å²) in [6, 6.07) is 23.2. The molecule has 0 radical (unpaired) electrons. The molecule has 2 aromatic carbocycles. The van der Waals surface area contributed by atoms with Crippen molar-refractivity contribution in [3.63, 3.8) is 0 Å². The summed E-state index contributed by atoms with van der Waals surface area (Å²) in [5.74, 6) is -0.277. The van der Waals surface area contributed by atoms with E-state index in [1.807, 2.05) is 53.6 Å². The number of amides is 1. The fourth-order valence-corrected chi connectivity index (χ4v) is 4.96. The summed E-state index contributed by atoms with van der Waals surface area (Å²) in [4.78, 5) is 18.6. The maximum Gasteiger partial charge on any atom is 0.250 e. The summed E-state index contributed by atoms with van der Waals surface area (Å²) in [5, 5.41) is 7.19. The molecule has 1 amide bonds. The lowest BCUT2D eigenvalue weighted by Gasteiger charge is -2.27. The molecule has 2 aromatic heterocycles. The largest absolute Gasteiger partial charge is 0.375 e. The number of carbonyl (C=O) groups excluding carboxylic acids is 1. The van der Waals surface area contributed by atoms with Gasteiger partial charge in [0, 0.05) is 37.1 Å². The standard InChI is InChI=1S/C27H24ClN5O2S/c1-35-17-24(34)30-22-11-10-20(15-21(22)28)33-26(25(31-27(33)36)23-9-5-6-13-29-23)18-12-14-32(16-18)19-7-3-2-4-8-19/h2-16,25-26H,17H2,1H3,(H,30,34)(H,31,36)/t25-,26-/m1/s1. The lowest BCUT2D eigenvalue weighted by Crippen LogP contribution is -2.29. The molecule has 36 heavy (non-hydrogen) atoms. The molecule has 3 heterocycles. The quantitative estimate of drug-likeness (QED) is 0.325. The molecular formula is C27H24ClN5O2S. The highest BCUT2D eigenvalue weighted by Gasteiger charge is 2.41. The Labute approximate surface area is 219 Å². The number of pyridine rings is 1. The number of aromatic nitrogens is 2. The molecule has 1 aliphatic rings. The lowest BCUT2D eigenvalue weighted by atomic mass is 9.98. The Morgan fingerprint density at radius 3 is 2.64 bits per heavy atom. The number of benzene rings is 2. The molecule has 1 fully saturated rings. The maximum atomic E-state index is 12.0. The van der Waals surface area contributed by atoms with E-state index in [1.54, 1.807) is 18.3 Å². The molecule has 182 valence electrons. The summed E-state index contributed by atoms with van der Waals surface area (Å²) in [6.07, 6.45) is 5.93. The summed E-state index contributed by atoms with van der Waals surface area (Å²) < 4.78 is 6.98. The van der Waals surface area contributed by atoms with E-state index in [2.05, 4.69) is 44.6 Å². The zero-order chi connectivity index (χ0) is 25.1. The Morgan fingerprint density at radius 2 is 1.92 bits per heavy atom. The first kappa shape index (κ1) is 24.0. The number of halogens is 1. The van der Waals surface area contributed by atoms with Gasteiger partial charge >= 0.3 is 0 Å². The number of methoxy groups -OCH3 is 1. The molecule has 1 aliphatic heterocycles. The van der Waals surface area contributed by atoms with Crippen LogP contribution in [-0.4, -0.2) is 34.3 Å². The van der Waals surface area contributed by atoms with Gasteiger partial charge in [0.15, 0.2) is 5.11 Å². The molecular weight excluding hydrogens is 494 g/mol. The minimum absolute atomic E-state index is 0.0511. The van der Waals surface area contributed by atoms with E-state index in [1.165, 1.54) is 7.11 Å². The number of para-hydroxylation sites is 1. The normalized spacial score (nSPS) is 17.2. The van der Waals surface area contributed by atoms with E-state index in [0.717, 1.165) is 22.6 Å². The third-order valence-corrected chi connectivity index (χ3v) is 6.62. The Bertz CT molecular complexity index is 1380. The number of ether oxygens (including phenoxy) is 1. The molecule has 2 atom stereocenters. The highest BCUT2D eigenvalue weighted by Crippen LogP contribution is 2.43.